The molecule has 0 spiro atoms. The van der Waals surface area contributed by atoms with Crippen molar-refractivity contribution >= 4 is 34.5 Å². The van der Waals surface area contributed by atoms with Crippen molar-refractivity contribution in [1.29, 1.82) is 0 Å². The monoisotopic (exact) mass is 420 g/mol. The van der Waals surface area contributed by atoms with Crippen LogP contribution in [-0.2, 0) is 16.0 Å². The first kappa shape index (κ1) is 19.0. The molecule has 30 heavy (non-hydrogen) atoms. The Kier molecular flexibility index (Phi) is 4.87. The summed E-state index contributed by atoms with van der Waals surface area (Å²) in [6.07, 6.45) is 3.21. The molecule has 1 aliphatic carbocycles. The number of carbonyl (C=O) groups excluding carboxylic acids is 2. The van der Waals surface area contributed by atoms with Gasteiger partial charge in [0, 0.05) is 27.9 Å². The molecule has 1 saturated carbocycles. The largest absolute Gasteiger partial charge is 0.307 e. The van der Waals surface area contributed by atoms with Crippen molar-refractivity contribution in [3.8, 4) is 0 Å². The van der Waals surface area contributed by atoms with E-state index < -0.39 is 11.9 Å². The van der Waals surface area contributed by atoms with Crippen LogP contribution in [0.4, 0.5) is 15.8 Å². The molecule has 1 atom stereocenters. The van der Waals surface area contributed by atoms with Crippen molar-refractivity contribution < 1.29 is 14.0 Å². The van der Waals surface area contributed by atoms with E-state index in [2.05, 4.69) is 0 Å². The molecular weight excluding hydrogens is 399 g/mol. The number of carbonyl (C=O) groups is 2. The number of benzene rings is 2. The van der Waals surface area contributed by atoms with E-state index in [-0.39, 0.29) is 24.3 Å². The highest BCUT2D eigenvalue weighted by Gasteiger charge is 2.46. The highest BCUT2D eigenvalue weighted by molar-refractivity contribution is 7.10. The fraction of sp³-hybridized carbons (Fsp3) is 0.250. The Morgan fingerprint density at radius 3 is 2.63 bits per heavy atom. The Morgan fingerprint density at radius 2 is 1.93 bits per heavy atom. The Labute approximate surface area is 178 Å². The minimum Gasteiger partial charge on any atom is -0.307 e. The molecule has 0 N–H and O–H groups in total. The molecule has 3 aromatic rings. The lowest BCUT2D eigenvalue weighted by molar-refractivity contribution is -0.124. The summed E-state index contributed by atoms with van der Waals surface area (Å²) >= 11 is 1.50. The fourth-order valence-electron chi connectivity index (χ4n) is 4.30. The van der Waals surface area contributed by atoms with Gasteiger partial charge < -0.3 is 4.90 Å². The van der Waals surface area contributed by atoms with Crippen molar-refractivity contribution in [2.45, 2.75) is 37.8 Å². The van der Waals surface area contributed by atoms with Crippen LogP contribution in [0.25, 0.3) is 0 Å². The zero-order valence-electron chi connectivity index (χ0n) is 16.3. The van der Waals surface area contributed by atoms with Crippen LogP contribution < -0.4 is 9.80 Å². The maximum Gasteiger partial charge on any atom is 0.255 e. The van der Waals surface area contributed by atoms with Gasteiger partial charge in [0.25, 0.3) is 5.91 Å². The second-order valence-corrected chi connectivity index (χ2v) is 8.79. The van der Waals surface area contributed by atoms with Gasteiger partial charge in [-0.1, -0.05) is 30.3 Å². The summed E-state index contributed by atoms with van der Waals surface area (Å²) in [5, 5.41) is 1.92. The van der Waals surface area contributed by atoms with Crippen LogP contribution in [0, 0.1) is 5.82 Å². The van der Waals surface area contributed by atoms with Crippen LogP contribution in [0.1, 0.15) is 35.7 Å². The third kappa shape index (κ3) is 3.21. The summed E-state index contributed by atoms with van der Waals surface area (Å²) in [5.41, 5.74) is 2.07. The summed E-state index contributed by atoms with van der Waals surface area (Å²) in [7, 11) is 0. The standard InChI is InChI=1S/C24H21FN2O2S/c25-16-6-3-9-18(14-16)27(22(28)15-19-10-5-13-30-19)23-20-11-1-2-12-21(20)26(24(23)29)17-7-4-8-17/h1-3,5-6,9-14,17,23H,4,7-8,15H2. The highest BCUT2D eigenvalue weighted by Crippen LogP contribution is 2.45. The van der Waals surface area contributed by atoms with Crippen molar-refractivity contribution in [3.05, 3.63) is 82.3 Å². The number of hydrogen-bond donors (Lipinski definition) is 0. The van der Waals surface area contributed by atoms with Crippen LogP contribution >= 0.6 is 11.3 Å². The number of hydrogen-bond acceptors (Lipinski definition) is 3. The number of anilines is 2. The summed E-state index contributed by atoms with van der Waals surface area (Å²) < 4.78 is 14.1. The van der Waals surface area contributed by atoms with Gasteiger partial charge in [0.05, 0.1) is 6.42 Å². The average molecular weight is 421 g/mol. The van der Waals surface area contributed by atoms with Gasteiger partial charge >= 0.3 is 0 Å². The van der Waals surface area contributed by atoms with Gasteiger partial charge in [-0.15, -0.1) is 11.3 Å². The van der Waals surface area contributed by atoms with Crippen molar-refractivity contribution in [3.63, 3.8) is 0 Å². The van der Waals surface area contributed by atoms with E-state index >= 15 is 0 Å². The van der Waals surface area contributed by atoms with Gasteiger partial charge in [-0.3, -0.25) is 14.5 Å². The predicted octanol–water partition coefficient (Wildman–Crippen LogP) is 5.10. The number of para-hydroxylation sites is 1. The summed E-state index contributed by atoms with van der Waals surface area (Å²) in [6.45, 7) is 0. The summed E-state index contributed by atoms with van der Waals surface area (Å²) in [6, 6.07) is 16.8. The molecule has 2 amide bonds. The van der Waals surface area contributed by atoms with Gasteiger partial charge in [-0.25, -0.2) is 4.39 Å². The molecule has 1 fully saturated rings. The van der Waals surface area contributed by atoms with Gasteiger partial charge in [-0.05, 0) is 55.0 Å². The maximum absolute atomic E-state index is 14.1. The number of nitrogens with zero attached hydrogens (tertiary/aromatic N) is 2. The summed E-state index contributed by atoms with van der Waals surface area (Å²) in [5.74, 6) is -0.757. The van der Waals surface area contributed by atoms with Crippen LogP contribution in [0.5, 0.6) is 0 Å². The third-order valence-corrected chi connectivity index (χ3v) is 6.80. The lowest BCUT2D eigenvalue weighted by Crippen LogP contribution is -2.47. The number of thiophene rings is 1. The first-order chi connectivity index (χ1) is 14.6. The lowest BCUT2D eigenvalue weighted by atomic mass is 9.91. The fourth-order valence-corrected chi connectivity index (χ4v) is 5.00. The molecular formula is C24H21FN2O2S. The maximum atomic E-state index is 14.1. The van der Waals surface area contributed by atoms with Gasteiger partial charge in [0.2, 0.25) is 5.91 Å². The number of amides is 2. The molecule has 6 heteroatoms. The van der Waals surface area contributed by atoms with Crippen LogP contribution in [-0.4, -0.2) is 17.9 Å². The number of rotatable bonds is 5. The van der Waals surface area contributed by atoms with E-state index in [1.165, 1.54) is 28.4 Å². The van der Waals surface area contributed by atoms with E-state index in [9.17, 15) is 14.0 Å². The first-order valence-corrected chi connectivity index (χ1v) is 11.0. The molecule has 0 saturated heterocycles. The van der Waals surface area contributed by atoms with Gasteiger partial charge in [-0.2, -0.15) is 0 Å². The van der Waals surface area contributed by atoms with Crippen LogP contribution in [0.2, 0.25) is 0 Å². The Morgan fingerprint density at radius 1 is 1.10 bits per heavy atom. The van der Waals surface area contributed by atoms with Crippen molar-refractivity contribution in [2.24, 2.45) is 0 Å². The first-order valence-electron chi connectivity index (χ1n) is 10.2. The zero-order valence-corrected chi connectivity index (χ0v) is 17.1. The minimum atomic E-state index is -0.781. The average Bonchev–Trinajstić information content (AvgIpc) is 3.29. The number of halogens is 1. The summed E-state index contributed by atoms with van der Waals surface area (Å²) in [4.78, 5) is 31.4. The van der Waals surface area contributed by atoms with Gasteiger partial charge in [0.1, 0.15) is 11.9 Å². The van der Waals surface area contributed by atoms with E-state index in [1.54, 1.807) is 12.1 Å². The second kappa shape index (κ2) is 7.69. The second-order valence-electron chi connectivity index (χ2n) is 7.75. The minimum absolute atomic E-state index is 0.107. The third-order valence-electron chi connectivity index (χ3n) is 5.92. The molecule has 4 nitrogen and oxygen atoms in total. The SMILES string of the molecule is O=C1C(N(C(=O)Cc2cccs2)c2cccc(F)c2)c2ccccc2N1C1CCC1. The Bertz CT molecular complexity index is 1090. The zero-order chi connectivity index (χ0) is 20.7. The van der Waals surface area contributed by atoms with Crippen molar-refractivity contribution in [1.82, 2.24) is 0 Å². The molecule has 0 bridgehead atoms. The topological polar surface area (TPSA) is 40.6 Å². The smallest absolute Gasteiger partial charge is 0.255 e. The number of fused-ring (bicyclic) bond motifs is 1. The molecule has 152 valence electrons. The Balaban J connectivity index is 1.60. The highest BCUT2D eigenvalue weighted by atomic mass is 32.1. The molecule has 1 unspecified atom stereocenters. The quantitative estimate of drug-likeness (QED) is 0.576. The van der Waals surface area contributed by atoms with E-state index in [1.807, 2.05) is 46.7 Å². The Hall–Kier alpha value is -2.99. The molecule has 5 rings (SSSR count). The molecule has 0 radical (unpaired) electrons. The van der Waals surface area contributed by atoms with E-state index in [4.69, 9.17) is 0 Å². The molecule has 2 aromatic carbocycles. The molecule has 2 heterocycles. The van der Waals surface area contributed by atoms with Crippen LogP contribution in [0.15, 0.2) is 66.0 Å². The van der Waals surface area contributed by atoms with E-state index in [0.717, 1.165) is 35.4 Å². The van der Waals surface area contributed by atoms with Crippen molar-refractivity contribution in [2.75, 3.05) is 9.80 Å². The predicted molar refractivity (Wildman–Crippen MR) is 116 cm³/mol. The molecule has 1 aromatic heterocycles. The normalized spacial score (nSPS) is 18.2. The lowest BCUT2D eigenvalue weighted by Gasteiger charge is -2.36. The molecule has 1 aliphatic heterocycles. The molecule has 2 aliphatic rings. The van der Waals surface area contributed by atoms with Crippen LogP contribution in [0.3, 0.4) is 0 Å². The van der Waals surface area contributed by atoms with Gasteiger partial charge in [0.15, 0.2) is 0 Å². The van der Waals surface area contributed by atoms with E-state index in [0.29, 0.717) is 5.69 Å².